The molecule has 0 aliphatic heterocycles. The summed E-state index contributed by atoms with van der Waals surface area (Å²) in [5, 5.41) is 0. The lowest BCUT2D eigenvalue weighted by atomic mass is 10.1. The van der Waals surface area contributed by atoms with Crippen LogP contribution in [0.2, 0.25) is 0 Å². The van der Waals surface area contributed by atoms with E-state index in [0.717, 1.165) is 0 Å². The smallest absolute Gasteiger partial charge is 0.309 e. The van der Waals surface area contributed by atoms with Crippen LogP contribution in [0.25, 0.3) is 0 Å². The van der Waals surface area contributed by atoms with E-state index in [1.165, 1.54) is 0 Å². The Labute approximate surface area is 80.3 Å². The first-order valence-electron chi connectivity index (χ1n) is 4.54. The Kier molecular flexibility index (Phi) is 5.94. The predicted molar refractivity (Wildman–Crippen MR) is 54.3 cm³/mol. The van der Waals surface area contributed by atoms with Crippen molar-refractivity contribution in [2.75, 3.05) is 0 Å². The maximum Gasteiger partial charge on any atom is 0.309 e. The molecule has 0 aromatic heterocycles. The minimum absolute atomic E-state index is 0.0720. The largest absolute Gasteiger partial charge is 0.462 e. The van der Waals surface area contributed by atoms with Gasteiger partial charge in [-0.1, -0.05) is 19.1 Å². The summed E-state index contributed by atoms with van der Waals surface area (Å²) in [7, 11) is 0. The Bertz CT molecular complexity index is 185. The molecule has 74 valence electrons. The summed E-state index contributed by atoms with van der Waals surface area (Å²) in [5.74, 6) is -0.251. The van der Waals surface area contributed by atoms with E-state index in [2.05, 4.69) is 13.2 Å². The number of esters is 1. The van der Waals surface area contributed by atoms with Crippen molar-refractivity contribution in [3.05, 3.63) is 25.3 Å². The highest BCUT2D eigenvalue weighted by Gasteiger charge is 2.14. The number of carbonyl (C=O) groups is 1. The molecule has 13 heavy (non-hydrogen) atoms. The predicted octanol–water partition coefficient (Wildman–Crippen LogP) is 2.71. The van der Waals surface area contributed by atoms with Crippen LogP contribution in [-0.2, 0) is 9.53 Å². The zero-order valence-corrected chi connectivity index (χ0v) is 8.45. The molecule has 0 N–H and O–H groups in total. The number of ether oxygens (including phenoxy) is 1. The van der Waals surface area contributed by atoms with Crippen LogP contribution in [0.1, 0.15) is 26.7 Å². The number of carbonyl (C=O) groups excluding carboxylic acids is 1. The van der Waals surface area contributed by atoms with Crippen LogP contribution in [-0.4, -0.2) is 12.1 Å². The summed E-state index contributed by atoms with van der Waals surface area (Å²) in [5.41, 5.74) is 0. The van der Waals surface area contributed by atoms with Crippen molar-refractivity contribution in [2.45, 2.75) is 32.8 Å². The second kappa shape index (κ2) is 6.46. The van der Waals surface area contributed by atoms with Gasteiger partial charge in [-0.25, -0.2) is 0 Å². The van der Waals surface area contributed by atoms with Crippen molar-refractivity contribution < 1.29 is 9.53 Å². The van der Waals surface area contributed by atoms with Crippen molar-refractivity contribution in [3.63, 3.8) is 0 Å². The summed E-state index contributed by atoms with van der Waals surface area (Å²) in [6.45, 7) is 10.9. The SMILES string of the molecule is C=CCC(C)OC(=O)C(C)CC=C. The summed E-state index contributed by atoms with van der Waals surface area (Å²) in [4.78, 5) is 11.3. The molecule has 0 aliphatic carbocycles. The van der Waals surface area contributed by atoms with E-state index in [1.807, 2.05) is 13.8 Å². The molecule has 2 heteroatoms. The van der Waals surface area contributed by atoms with Gasteiger partial charge in [0.25, 0.3) is 0 Å². The van der Waals surface area contributed by atoms with Crippen LogP contribution in [0, 0.1) is 5.92 Å². The molecule has 2 atom stereocenters. The fourth-order valence-electron chi connectivity index (χ4n) is 0.943. The normalized spacial score (nSPS) is 14.3. The molecule has 0 fully saturated rings. The van der Waals surface area contributed by atoms with Gasteiger partial charge in [-0.05, 0) is 13.3 Å². The molecular formula is C11H18O2. The maximum absolute atomic E-state index is 11.3. The van der Waals surface area contributed by atoms with Crippen molar-refractivity contribution in [1.29, 1.82) is 0 Å². The number of hydrogen-bond acceptors (Lipinski definition) is 2. The molecular weight excluding hydrogens is 164 g/mol. The Balaban J connectivity index is 3.83. The Morgan fingerprint density at radius 1 is 1.31 bits per heavy atom. The molecule has 0 saturated carbocycles. The van der Waals surface area contributed by atoms with E-state index in [1.54, 1.807) is 12.2 Å². The highest BCUT2D eigenvalue weighted by atomic mass is 16.5. The number of allylic oxidation sites excluding steroid dienone is 1. The van der Waals surface area contributed by atoms with E-state index in [-0.39, 0.29) is 18.0 Å². The first kappa shape index (κ1) is 11.9. The molecule has 0 bridgehead atoms. The molecule has 0 amide bonds. The van der Waals surface area contributed by atoms with Gasteiger partial charge in [0.1, 0.15) is 6.10 Å². The average molecular weight is 182 g/mol. The molecule has 0 rings (SSSR count). The maximum atomic E-state index is 11.3. The van der Waals surface area contributed by atoms with Crippen molar-refractivity contribution in [2.24, 2.45) is 5.92 Å². The second-order valence-electron chi connectivity index (χ2n) is 3.20. The quantitative estimate of drug-likeness (QED) is 0.466. The molecule has 0 radical (unpaired) electrons. The van der Waals surface area contributed by atoms with E-state index in [4.69, 9.17) is 4.74 Å². The van der Waals surface area contributed by atoms with E-state index >= 15 is 0 Å². The summed E-state index contributed by atoms with van der Waals surface area (Å²) >= 11 is 0. The summed E-state index contributed by atoms with van der Waals surface area (Å²) < 4.78 is 5.15. The molecule has 0 heterocycles. The third-order valence-electron chi connectivity index (χ3n) is 1.74. The van der Waals surface area contributed by atoms with Gasteiger partial charge in [-0.15, -0.1) is 13.2 Å². The molecule has 0 aromatic carbocycles. The van der Waals surface area contributed by atoms with Gasteiger partial charge in [0.15, 0.2) is 0 Å². The minimum Gasteiger partial charge on any atom is -0.462 e. The van der Waals surface area contributed by atoms with Crippen molar-refractivity contribution in [3.8, 4) is 0 Å². The Morgan fingerprint density at radius 2 is 1.85 bits per heavy atom. The van der Waals surface area contributed by atoms with Gasteiger partial charge in [0.05, 0.1) is 5.92 Å². The summed E-state index contributed by atoms with van der Waals surface area (Å²) in [6.07, 6.45) is 4.77. The van der Waals surface area contributed by atoms with Crippen LogP contribution in [0.15, 0.2) is 25.3 Å². The first-order valence-corrected chi connectivity index (χ1v) is 4.54. The van der Waals surface area contributed by atoms with E-state index < -0.39 is 0 Å². The molecule has 0 aliphatic rings. The zero-order chi connectivity index (χ0) is 10.3. The minimum atomic E-state index is -0.158. The lowest BCUT2D eigenvalue weighted by Crippen LogP contribution is -2.20. The van der Waals surface area contributed by atoms with Crippen molar-refractivity contribution >= 4 is 5.97 Å². The Morgan fingerprint density at radius 3 is 2.31 bits per heavy atom. The van der Waals surface area contributed by atoms with Crippen LogP contribution in [0.4, 0.5) is 0 Å². The monoisotopic (exact) mass is 182 g/mol. The summed E-state index contributed by atoms with van der Waals surface area (Å²) in [6, 6.07) is 0. The molecule has 0 aromatic rings. The molecule has 0 saturated heterocycles. The highest BCUT2D eigenvalue weighted by molar-refractivity contribution is 5.72. The topological polar surface area (TPSA) is 26.3 Å². The molecule has 2 nitrogen and oxygen atoms in total. The lowest BCUT2D eigenvalue weighted by molar-refractivity contribution is -0.152. The fraction of sp³-hybridized carbons (Fsp3) is 0.545. The second-order valence-corrected chi connectivity index (χ2v) is 3.20. The van der Waals surface area contributed by atoms with Gasteiger partial charge in [-0.3, -0.25) is 4.79 Å². The average Bonchev–Trinajstić information content (AvgIpc) is 2.05. The van der Waals surface area contributed by atoms with Crippen LogP contribution < -0.4 is 0 Å². The fourth-order valence-corrected chi connectivity index (χ4v) is 0.943. The van der Waals surface area contributed by atoms with Gasteiger partial charge in [-0.2, -0.15) is 0 Å². The Hall–Kier alpha value is -1.05. The van der Waals surface area contributed by atoms with Crippen LogP contribution in [0.3, 0.4) is 0 Å². The lowest BCUT2D eigenvalue weighted by Gasteiger charge is -2.14. The standard InChI is InChI=1S/C11H18O2/c1-5-7-9(3)11(12)13-10(4)8-6-2/h5-6,9-10H,1-2,7-8H2,3-4H3. The molecule has 2 unspecified atom stereocenters. The van der Waals surface area contributed by atoms with Gasteiger partial charge in [0.2, 0.25) is 0 Å². The van der Waals surface area contributed by atoms with Crippen LogP contribution in [0.5, 0.6) is 0 Å². The van der Waals surface area contributed by atoms with Crippen LogP contribution >= 0.6 is 0 Å². The number of rotatable bonds is 6. The van der Waals surface area contributed by atoms with Crippen molar-refractivity contribution in [1.82, 2.24) is 0 Å². The molecule has 0 spiro atoms. The van der Waals surface area contributed by atoms with Gasteiger partial charge < -0.3 is 4.74 Å². The van der Waals surface area contributed by atoms with Gasteiger partial charge in [0, 0.05) is 6.42 Å². The van der Waals surface area contributed by atoms with E-state index in [0.29, 0.717) is 12.8 Å². The van der Waals surface area contributed by atoms with Gasteiger partial charge >= 0.3 is 5.97 Å². The first-order chi connectivity index (χ1) is 6.11. The third kappa shape index (κ3) is 5.23. The highest BCUT2D eigenvalue weighted by Crippen LogP contribution is 2.08. The van der Waals surface area contributed by atoms with E-state index in [9.17, 15) is 4.79 Å². The zero-order valence-electron chi connectivity index (χ0n) is 8.45. The number of hydrogen-bond donors (Lipinski definition) is 0. The third-order valence-corrected chi connectivity index (χ3v) is 1.74.